The number of aromatic nitrogens is 2. The summed E-state index contributed by atoms with van der Waals surface area (Å²) in [6, 6.07) is 0. The summed E-state index contributed by atoms with van der Waals surface area (Å²) < 4.78 is 4.88. The van der Waals surface area contributed by atoms with Crippen LogP contribution in [0, 0.1) is 6.92 Å². The summed E-state index contributed by atoms with van der Waals surface area (Å²) in [4.78, 5) is 33.6. The van der Waals surface area contributed by atoms with Gasteiger partial charge in [-0.05, 0) is 50.8 Å². The van der Waals surface area contributed by atoms with E-state index in [2.05, 4.69) is 20.6 Å². The smallest absolute Gasteiger partial charge is 0.339 e. The Hall–Kier alpha value is -2.19. The Morgan fingerprint density at radius 1 is 1.37 bits per heavy atom. The van der Waals surface area contributed by atoms with Crippen molar-refractivity contribution in [2.24, 2.45) is 0 Å². The third kappa shape index (κ3) is 4.22. The van der Waals surface area contributed by atoms with E-state index in [4.69, 9.17) is 4.74 Å². The van der Waals surface area contributed by atoms with Crippen LogP contribution in [-0.2, 0) is 11.2 Å². The molecule has 0 spiro atoms. The summed E-state index contributed by atoms with van der Waals surface area (Å²) in [5.41, 5.74) is 2.21. The number of H-pyrrole nitrogens is 1. The van der Waals surface area contributed by atoms with Gasteiger partial charge in [-0.25, -0.2) is 9.78 Å². The minimum Gasteiger partial charge on any atom is -0.465 e. The van der Waals surface area contributed by atoms with Gasteiger partial charge in [0.2, 0.25) is 0 Å². The van der Waals surface area contributed by atoms with E-state index < -0.39 is 5.97 Å². The highest BCUT2D eigenvalue weighted by atomic mass is 32.1. The molecule has 2 aromatic heterocycles. The van der Waals surface area contributed by atoms with Crippen molar-refractivity contribution in [1.82, 2.24) is 15.3 Å². The summed E-state index contributed by atoms with van der Waals surface area (Å²) in [6.45, 7) is 5.82. The SMILES string of the molecule is CCCc1c(C(=O)Nc2ncc(C3CCNCC3)s2)[nH]c(C)c1C(=O)OC. The van der Waals surface area contributed by atoms with Crippen molar-refractivity contribution in [3.63, 3.8) is 0 Å². The Bertz CT molecular complexity index is 821. The van der Waals surface area contributed by atoms with Crippen LogP contribution in [-0.4, -0.2) is 42.0 Å². The number of anilines is 1. The molecule has 0 radical (unpaired) electrons. The van der Waals surface area contributed by atoms with Gasteiger partial charge in [-0.3, -0.25) is 10.1 Å². The highest BCUT2D eigenvalue weighted by molar-refractivity contribution is 7.15. The van der Waals surface area contributed by atoms with Crippen molar-refractivity contribution in [2.45, 2.75) is 45.4 Å². The summed E-state index contributed by atoms with van der Waals surface area (Å²) >= 11 is 1.53. The molecule has 7 nitrogen and oxygen atoms in total. The lowest BCUT2D eigenvalue weighted by Crippen LogP contribution is -2.26. The zero-order valence-corrected chi connectivity index (χ0v) is 16.8. The molecule has 3 N–H and O–H groups in total. The van der Waals surface area contributed by atoms with Crippen molar-refractivity contribution in [3.8, 4) is 0 Å². The summed E-state index contributed by atoms with van der Waals surface area (Å²) in [7, 11) is 1.35. The molecule has 1 saturated heterocycles. The van der Waals surface area contributed by atoms with E-state index in [1.54, 1.807) is 6.92 Å². The van der Waals surface area contributed by atoms with Crippen LogP contribution in [0.15, 0.2) is 6.20 Å². The molecule has 2 aromatic rings. The van der Waals surface area contributed by atoms with Gasteiger partial charge >= 0.3 is 5.97 Å². The number of rotatable bonds is 6. The zero-order valence-electron chi connectivity index (χ0n) is 16.0. The lowest BCUT2D eigenvalue weighted by molar-refractivity contribution is 0.0599. The van der Waals surface area contributed by atoms with E-state index >= 15 is 0 Å². The standard InChI is InChI=1S/C19H26N4O3S/c1-4-5-13-15(18(25)26-3)11(2)22-16(13)17(24)23-19-21-10-14(27-19)12-6-8-20-9-7-12/h10,12,20,22H,4-9H2,1-3H3,(H,21,23,24). The fourth-order valence-corrected chi connectivity index (χ4v) is 4.53. The van der Waals surface area contributed by atoms with Gasteiger partial charge in [-0.1, -0.05) is 13.3 Å². The number of methoxy groups -OCH3 is 1. The minimum absolute atomic E-state index is 0.275. The van der Waals surface area contributed by atoms with E-state index in [1.165, 1.54) is 23.3 Å². The number of esters is 1. The second-order valence-corrected chi connectivity index (χ2v) is 7.83. The molecule has 1 amide bonds. The Labute approximate surface area is 162 Å². The predicted molar refractivity (Wildman–Crippen MR) is 106 cm³/mol. The monoisotopic (exact) mass is 390 g/mol. The minimum atomic E-state index is -0.423. The van der Waals surface area contributed by atoms with Gasteiger partial charge in [0.15, 0.2) is 5.13 Å². The fraction of sp³-hybridized carbons (Fsp3) is 0.526. The number of nitrogens with zero attached hydrogens (tertiary/aromatic N) is 1. The van der Waals surface area contributed by atoms with E-state index in [0.29, 0.717) is 40.0 Å². The van der Waals surface area contributed by atoms with Gasteiger partial charge in [0.1, 0.15) is 5.69 Å². The first kappa shape index (κ1) is 19.6. The molecule has 1 fully saturated rings. The first-order valence-electron chi connectivity index (χ1n) is 9.32. The number of hydrogen-bond acceptors (Lipinski definition) is 6. The van der Waals surface area contributed by atoms with Crippen LogP contribution < -0.4 is 10.6 Å². The summed E-state index contributed by atoms with van der Waals surface area (Å²) in [6.07, 6.45) is 5.49. The second-order valence-electron chi connectivity index (χ2n) is 6.77. The van der Waals surface area contributed by atoms with Crippen molar-refractivity contribution in [3.05, 3.63) is 33.6 Å². The molecule has 1 aliphatic rings. The topological polar surface area (TPSA) is 96.1 Å². The molecule has 0 bridgehead atoms. The Morgan fingerprint density at radius 2 is 2.11 bits per heavy atom. The maximum atomic E-state index is 12.8. The molecule has 0 aliphatic carbocycles. The van der Waals surface area contributed by atoms with Crippen LogP contribution in [0.5, 0.6) is 0 Å². The van der Waals surface area contributed by atoms with Gasteiger partial charge < -0.3 is 15.0 Å². The van der Waals surface area contributed by atoms with Crippen molar-refractivity contribution in [2.75, 3.05) is 25.5 Å². The number of hydrogen-bond donors (Lipinski definition) is 3. The largest absolute Gasteiger partial charge is 0.465 e. The number of ether oxygens (including phenoxy) is 1. The molecule has 0 aromatic carbocycles. The van der Waals surface area contributed by atoms with E-state index in [9.17, 15) is 9.59 Å². The van der Waals surface area contributed by atoms with Gasteiger partial charge in [0.25, 0.3) is 5.91 Å². The predicted octanol–water partition coefficient (Wildman–Crippen LogP) is 3.24. The molecule has 0 saturated carbocycles. The number of piperidine rings is 1. The number of nitrogens with one attached hydrogen (secondary N) is 3. The molecule has 3 rings (SSSR count). The van der Waals surface area contributed by atoms with Crippen molar-refractivity contribution in [1.29, 1.82) is 0 Å². The van der Waals surface area contributed by atoms with Gasteiger partial charge in [0.05, 0.1) is 12.7 Å². The quantitative estimate of drug-likeness (QED) is 0.658. The number of carbonyl (C=O) groups is 2. The molecular formula is C19H26N4O3S. The molecule has 0 atom stereocenters. The first-order valence-corrected chi connectivity index (χ1v) is 10.1. The van der Waals surface area contributed by atoms with Gasteiger partial charge in [0, 0.05) is 16.8 Å². The molecule has 0 unspecified atom stereocenters. The van der Waals surface area contributed by atoms with Crippen molar-refractivity contribution >= 4 is 28.3 Å². The summed E-state index contributed by atoms with van der Waals surface area (Å²) in [5, 5.41) is 6.83. The van der Waals surface area contributed by atoms with Crippen LogP contribution in [0.3, 0.4) is 0 Å². The average Bonchev–Trinajstić information content (AvgIpc) is 3.27. The van der Waals surface area contributed by atoms with Crippen LogP contribution >= 0.6 is 11.3 Å². The molecular weight excluding hydrogens is 364 g/mol. The Kier molecular flexibility index (Phi) is 6.28. The number of aromatic amines is 1. The zero-order chi connectivity index (χ0) is 19.4. The molecule has 8 heteroatoms. The number of thiazole rings is 1. The molecule has 27 heavy (non-hydrogen) atoms. The van der Waals surface area contributed by atoms with Gasteiger partial charge in [-0.15, -0.1) is 11.3 Å². The van der Waals surface area contributed by atoms with E-state index in [1.807, 2.05) is 13.1 Å². The third-order valence-electron chi connectivity index (χ3n) is 4.89. The fourth-order valence-electron chi connectivity index (χ4n) is 3.55. The first-order chi connectivity index (χ1) is 13.0. The van der Waals surface area contributed by atoms with Crippen molar-refractivity contribution < 1.29 is 14.3 Å². The highest BCUT2D eigenvalue weighted by Crippen LogP contribution is 2.32. The van der Waals surface area contributed by atoms with Crippen LogP contribution in [0.25, 0.3) is 0 Å². The van der Waals surface area contributed by atoms with Gasteiger partial charge in [-0.2, -0.15) is 0 Å². The maximum Gasteiger partial charge on any atom is 0.339 e. The van der Waals surface area contributed by atoms with E-state index in [-0.39, 0.29) is 5.91 Å². The normalized spacial score (nSPS) is 14.9. The summed E-state index contributed by atoms with van der Waals surface area (Å²) in [5.74, 6) is -0.194. The average molecular weight is 391 g/mol. The van der Waals surface area contributed by atoms with E-state index in [0.717, 1.165) is 32.4 Å². The van der Waals surface area contributed by atoms with Crippen LogP contribution in [0.4, 0.5) is 5.13 Å². The maximum absolute atomic E-state index is 12.8. The lowest BCUT2D eigenvalue weighted by Gasteiger charge is -2.20. The molecule has 1 aliphatic heterocycles. The number of amides is 1. The number of aryl methyl sites for hydroxylation is 1. The molecule has 3 heterocycles. The Morgan fingerprint density at radius 3 is 2.78 bits per heavy atom. The number of carbonyl (C=O) groups excluding carboxylic acids is 2. The second kappa shape index (κ2) is 8.67. The van der Waals surface area contributed by atoms with Crippen LogP contribution in [0.1, 0.15) is 69.1 Å². The highest BCUT2D eigenvalue weighted by Gasteiger charge is 2.25. The van der Waals surface area contributed by atoms with Crippen LogP contribution in [0.2, 0.25) is 0 Å². The Balaban J connectivity index is 1.80. The molecule has 146 valence electrons. The third-order valence-corrected chi connectivity index (χ3v) is 5.97. The lowest BCUT2D eigenvalue weighted by atomic mass is 9.97.